The zero-order valence-corrected chi connectivity index (χ0v) is 12.7. The number of thiazole rings is 1. The van der Waals surface area contributed by atoms with Crippen molar-refractivity contribution in [2.24, 2.45) is 0 Å². The van der Waals surface area contributed by atoms with Crippen LogP contribution >= 0.6 is 11.3 Å². The summed E-state index contributed by atoms with van der Waals surface area (Å²) in [7, 11) is 0. The van der Waals surface area contributed by atoms with Gasteiger partial charge in [0, 0.05) is 18.1 Å². The topological polar surface area (TPSA) is 91.4 Å². The molecule has 3 aromatic heterocycles. The smallest absolute Gasteiger partial charge is 0.226 e. The van der Waals surface area contributed by atoms with Crippen LogP contribution in [-0.2, 0) is 0 Å². The van der Waals surface area contributed by atoms with Crippen molar-refractivity contribution in [1.82, 2.24) is 24.9 Å². The molecule has 110 valence electrons. The molecule has 3 aromatic rings. The second-order valence-electron chi connectivity index (χ2n) is 4.66. The van der Waals surface area contributed by atoms with Crippen LogP contribution in [0.5, 0.6) is 0 Å². The lowest BCUT2D eigenvalue weighted by atomic mass is 10.3. The lowest BCUT2D eigenvalue weighted by Gasteiger charge is -2.13. The van der Waals surface area contributed by atoms with Crippen molar-refractivity contribution in [3.63, 3.8) is 0 Å². The van der Waals surface area contributed by atoms with Gasteiger partial charge in [0.15, 0.2) is 11.5 Å². The minimum atomic E-state index is 0.0745. The molecule has 3 N–H and O–H groups in total. The number of anilines is 2. The maximum absolute atomic E-state index is 4.53. The molecule has 0 radical (unpaired) electrons. The third kappa shape index (κ3) is 2.94. The molecule has 0 bridgehead atoms. The van der Waals surface area contributed by atoms with Crippen LogP contribution in [0.4, 0.5) is 11.8 Å². The summed E-state index contributed by atoms with van der Waals surface area (Å²) in [5.41, 5.74) is 1.46. The monoisotopic (exact) mass is 303 g/mol. The fourth-order valence-electron chi connectivity index (χ4n) is 1.97. The number of hydrogen-bond donors (Lipinski definition) is 3. The zero-order valence-electron chi connectivity index (χ0n) is 11.9. The highest BCUT2D eigenvalue weighted by Gasteiger charge is 2.14. The Labute approximate surface area is 126 Å². The first kappa shape index (κ1) is 13.7. The second kappa shape index (κ2) is 6.04. The number of fused-ring (bicyclic) bond motifs is 1. The summed E-state index contributed by atoms with van der Waals surface area (Å²) in [6.45, 7) is 4.99. The normalized spacial score (nSPS) is 12.5. The van der Waals surface area contributed by atoms with E-state index in [0.29, 0.717) is 11.6 Å². The molecule has 0 fully saturated rings. The van der Waals surface area contributed by atoms with E-state index in [2.05, 4.69) is 49.4 Å². The number of aromatic amines is 1. The van der Waals surface area contributed by atoms with Crippen molar-refractivity contribution in [1.29, 1.82) is 0 Å². The predicted molar refractivity (Wildman–Crippen MR) is 84.6 cm³/mol. The molecule has 7 nitrogen and oxygen atoms in total. The number of hydrogen-bond acceptors (Lipinski definition) is 7. The van der Waals surface area contributed by atoms with Crippen molar-refractivity contribution in [3.8, 4) is 0 Å². The Balaban J connectivity index is 1.90. The van der Waals surface area contributed by atoms with E-state index in [4.69, 9.17) is 0 Å². The average Bonchev–Trinajstić information content (AvgIpc) is 3.15. The van der Waals surface area contributed by atoms with Gasteiger partial charge < -0.3 is 15.6 Å². The number of rotatable bonds is 6. The average molecular weight is 303 g/mol. The van der Waals surface area contributed by atoms with Crippen LogP contribution in [0, 0.1) is 0 Å². The molecular weight excluding hydrogens is 286 g/mol. The van der Waals surface area contributed by atoms with Crippen LogP contribution in [-0.4, -0.2) is 31.5 Å². The van der Waals surface area contributed by atoms with Crippen LogP contribution < -0.4 is 10.6 Å². The van der Waals surface area contributed by atoms with Crippen LogP contribution in [0.3, 0.4) is 0 Å². The standard InChI is InChI=1S/C13H17N7S/c1-3-4-15-13-19-10-9(16-7-17-10)11(20-13)18-8(2)12-14-5-6-21-12/h5-8H,3-4H2,1-2H3,(H3,15,16,17,18,19,20). The summed E-state index contributed by atoms with van der Waals surface area (Å²) < 4.78 is 0. The van der Waals surface area contributed by atoms with E-state index in [0.717, 1.165) is 29.3 Å². The molecule has 1 unspecified atom stereocenters. The summed E-state index contributed by atoms with van der Waals surface area (Å²) in [5.74, 6) is 1.32. The van der Waals surface area contributed by atoms with Gasteiger partial charge >= 0.3 is 0 Å². The highest BCUT2D eigenvalue weighted by molar-refractivity contribution is 7.09. The number of aromatic nitrogens is 5. The minimum Gasteiger partial charge on any atom is -0.359 e. The quantitative estimate of drug-likeness (QED) is 0.648. The molecule has 0 aromatic carbocycles. The van der Waals surface area contributed by atoms with Crippen molar-refractivity contribution in [2.45, 2.75) is 26.3 Å². The Morgan fingerprint density at radius 3 is 3.00 bits per heavy atom. The summed E-state index contributed by atoms with van der Waals surface area (Å²) in [6.07, 6.45) is 4.45. The van der Waals surface area contributed by atoms with E-state index in [1.165, 1.54) is 0 Å². The minimum absolute atomic E-state index is 0.0745. The summed E-state index contributed by atoms with van der Waals surface area (Å²) >= 11 is 1.62. The molecule has 8 heteroatoms. The number of nitrogens with one attached hydrogen (secondary N) is 3. The molecule has 0 saturated heterocycles. The third-order valence-corrected chi connectivity index (χ3v) is 3.95. The second-order valence-corrected chi connectivity index (χ2v) is 5.59. The summed E-state index contributed by atoms with van der Waals surface area (Å²) in [6, 6.07) is 0.0745. The molecule has 3 heterocycles. The van der Waals surface area contributed by atoms with E-state index in [1.54, 1.807) is 23.9 Å². The van der Waals surface area contributed by atoms with E-state index >= 15 is 0 Å². The molecule has 0 amide bonds. The highest BCUT2D eigenvalue weighted by atomic mass is 32.1. The number of imidazole rings is 1. The van der Waals surface area contributed by atoms with Crippen molar-refractivity contribution < 1.29 is 0 Å². The van der Waals surface area contributed by atoms with Gasteiger partial charge in [-0.15, -0.1) is 11.3 Å². The Morgan fingerprint density at radius 1 is 1.33 bits per heavy atom. The molecule has 0 aliphatic heterocycles. The van der Waals surface area contributed by atoms with Gasteiger partial charge in [0.1, 0.15) is 10.5 Å². The largest absolute Gasteiger partial charge is 0.359 e. The summed E-state index contributed by atoms with van der Waals surface area (Å²) in [5, 5.41) is 9.56. The van der Waals surface area contributed by atoms with Crippen molar-refractivity contribution in [3.05, 3.63) is 22.9 Å². The van der Waals surface area contributed by atoms with Gasteiger partial charge in [-0.05, 0) is 13.3 Å². The maximum atomic E-state index is 4.53. The lowest BCUT2D eigenvalue weighted by Crippen LogP contribution is -2.11. The Bertz CT molecular complexity index is 706. The fourth-order valence-corrected chi connectivity index (χ4v) is 2.61. The molecule has 3 rings (SSSR count). The van der Waals surface area contributed by atoms with Crippen LogP contribution in [0.1, 0.15) is 31.3 Å². The lowest BCUT2D eigenvalue weighted by molar-refractivity contribution is 0.860. The van der Waals surface area contributed by atoms with E-state index in [1.807, 2.05) is 5.38 Å². The fraction of sp³-hybridized carbons (Fsp3) is 0.385. The van der Waals surface area contributed by atoms with Gasteiger partial charge in [-0.1, -0.05) is 6.92 Å². The number of nitrogens with zero attached hydrogens (tertiary/aromatic N) is 4. The maximum Gasteiger partial charge on any atom is 0.226 e. The first-order chi connectivity index (χ1) is 10.3. The van der Waals surface area contributed by atoms with Gasteiger partial charge in [0.05, 0.1) is 12.4 Å². The van der Waals surface area contributed by atoms with Crippen LogP contribution in [0.25, 0.3) is 11.2 Å². The molecule has 0 saturated carbocycles. The van der Waals surface area contributed by atoms with Gasteiger partial charge in [0.2, 0.25) is 5.95 Å². The summed E-state index contributed by atoms with van der Waals surface area (Å²) in [4.78, 5) is 20.5. The van der Waals surface area contributed by atoms with E-state index in [9.17, 15) is 0 Å². The Kier molecular flexibility index (Phi) is 3.96. The number of H-pyrrole nitrogens is 1. The van der Waals surface area contributed by atoms with Crippen molar-refractivity contribution >= 4 is 34.3 Å². The molecule has 21 heavy (non-hydrogen) atoms. The first-order valence-corrected chi connectivity index (χ1v) is 7.76. The van der Waals surface area contributed by atoms with Gasteiger partial charge in [0.25, 0.3) is 0 Å². The van der Waals surface area contributed by atoms with Gasteiger partial charge in [-0.3, -0.25) is 0 Å². The Hall–Kier alpha value is -2.22. The van der Waals surface area contributed by atoms with Gasteiger partial charge in [-0.25, -0.2) is 9.97 Å². The molecule has 0 spiro atoms. The van der Waals surface area contributed by atoms with Crippen molar-refractivity contribution in [2.75, 3.05) is 17.2 Å². The van der Waals surface area contributed by atoms with Gasteiger partial charge in [-0.2, -0.15) is 9.97 Å². The predicted octanol–water partition coefficient (Wildman–Crippen LogP) is 2.80. The third-order valence-electron chi connectivity index (χ3n) is 2.99. The van der Waals surface area contributed by atoms with E-state index in [-0.39, 0.29) is 6.04 Å². The molecular formula is C13H17N7S. The molecule has 0 aliphatic carbocycles. The van der Waals surface area contributed by atoms with Crippen LogP contribution in [0.15, 0.2) is 17.9 Å². The first-order valence-electron chi connectivity index (χ1n) is 6.89. The SMILES string of the molecule is CCCNc1nc(NC(C)c2nccs2)c2[nH]cnc2n1. The molecule has 1 atom stereocenters. The Morgan fingerprint density at radius 2 is 2.24 bits per heavy atom. The zero-order chi connectivity index (χ0) is 14.7. The van der Waals surface area contributed by atoms with Crippen LogP contribution in [0.2, 0.25) is 0 Å². The highest BCUT2D eigenvalue weighted by Crippen LogP contribution is 2.24. The van der Waals surface area contributed by atoms with E-state index < -0.39 is 0 Å². The molecule has 0 aliphatic rings.